The minimum absolute atomic E-state index is 1.22. The topological polar surface area (TPSA) is 8.81 Å². The van der Waals surface area contributed by atoms with Gasteiger partial charge in [-0.2, -0.15) is 0 Å². The lowest BCUT2D eigenvalue weighted by Gasteiger charge is -2.07. The second-order valence-electron chi connectivity index (χ2n) is 11.3. The number of hydrogen-bond acceptors (Lipinski definition) is 0. The zero-order chi connectivity index (χ0) is 25.2. The quantitative estimate of drug-likeness (QED) is 0.0858. The first-order valence-corrected chi connectivity index (χ1v) is 16.4. The molecule has 0 saturated carbocycles. The van der Waals surface area contributed by atoms with Crippen molar-refractivity contribution in [3.05, 3.63) is 18.2 Å². The molecule has 0 amide bonds. The minimum atomic E-state index is 1.22. The molecule has 1 aromatic rings. The van der Waals surface area contributed by atoms with Gasteiger partial charge in [0.15, 0.2) is 0 Å². The molecule has 0 aliphatic heterocycles. The molecular weight excluding hydrogens is 424 g/mol. The zero-order valence-corrected chi connectivity index (χ0v) is 24.6. The highest BCUT2D eigenvalue weighted by molar-refractivity contribution is 4.84. The normalized spacial score (nSPS) is 11.5. The molecule has 1 heterocycles. The second-order valence-corrected chi connectivity index (χ2v) is 11.3. The van der Waals surface area contributed by atoms with Gasteiger partial charge in [-0.05, 0) is 32.1 Å². The lowest BCUT2D eigenvalue weighted by molar-refractivity contribution is -0.704. The molecule has 0 unspecified atom stereocenters. The Morgan fingerprint density at radius 3 is 1.37 bits per heavy atom. The first-order valence-electron chi connectivity index (χ1n) is 16.4. The van der Waals surface area contributed by atoms with Crippen LogP contribution in [0.1, 0.15) is 181 Å². The van der Waals surface area contributed by atoms with Crippen molar-refractivity contribution in [1.82, 2.24) is 4.57 Å². The fraction of sp³-hybridized carbons (Fsp3) is 0.909. The van der Waals surface area contributed by atoms with Crippen LogP contribution in [-0.4, -0.2) is 4.57 Å². The average molecular weight is 490 g/mol. The summed E-state index contributed by atoms with van der Waals surface area (Å²) in [5, 5.41) is 0. The molecule has 206 valence electrons. The van der Waals surface area contributed by atoms with Gasteiger partial charge in [0.05, 0.1) is 13.1 Å². The van der Waals surface area contributed by atoms with Crippen LogP contribution in [0, 0.1) is 0 Å². The minimum Gasteiger partial charge on any atom is -0.234 e. The Hall–Kier alpha value is -0.790. The van der Waals surface area contributed by atoms with Gasteiger partial charge in [0.1, 0.15) is 12.4 Å². The van der Waals surface area contributed by atoms with E-state index in [1.165, 1.54) is 174 Å². The number of nitrogens with zero attached hydrogens (tertiary/aromatic N) is 2. The molecule has 0 bridgehead atoms. The predicted octanol–water partition coefficient (Wildman–Crippen LogP) is 10.7. The Balaban J connectivity index is 2.31. The summed E-state index contributed by atoms with van der Waals surface area (Å²) in [5.41, 5.74) is 0. The smallest absolute Gasteiger partial charge is 0.234 e. The van der Waals surface area contributed by atoms with Gasteiger partial charge >= 0.3 is 0 Å². The molecule has 0 fully saturated rings. The summed E-state index contributed by atoms with van der Waals surface area (Å²) in [5.74, 6) is 1.61. The van der Waals surface area contributed by atoms with E-state index in [9.17, 15) is 0 Å². The third-order valence-corrected chi connectivity index (χ3v) is 7.85. The van der Waals surface area contributed by atoms with Crippen molar-refractivity contribution in [2.75, 3.05) is 0 Å². The van der Waals surface area contributed by atoms with E-state index in [4.69, 9.17) is 0 Å². The SMILES string of the molecule is CCCCCCCCCCCCCn1cc[n+](CCCCCCC)c1CCCCCCCCCC. The summed E-state index contributed by atoms with van der Waals surface area (Å²) in [7, 11) is 0. The second kappa shape index (κ2) is 24.9. The van der Waals surface area contributed by atoms with E-state index in [0.717, 1.165) is 0 Å². The van der Waals surface area contributed by atoms with Gasteiger partial charge in [-0.3, -0.25) is 0 Å². The number of aromatic nitrogens is 2. The first-order chi connectivity index (χ1) is 17.3. The maximum atomic E-state index is 2.61. The lowest BCUT2D eigenvalue weighted by atomic mass is 10.1. The summed E-state index contributed by atoms with van der Waals surface area (Å²) < 4.78 is 5.22. The van der Waals surface area contributed by atoms with Gasteiger partial charge in [0, 0.05) is 6.42 Å². The summed E-state index contributed by atoms with van der Waals surface area (Å²) in [6, 6.07) is 0. The Kier molecular flexibility index (Phi) is 22.9. The summed E-state index contributed by atoms with van der Waals surface area (Å²) in [6.45, 7) is 9.38. The van der Waals surface area contributed by atoms with Crippen LogP contribution in [0.2, 0.25) is 0 Å². The molecule has 0 N–H and O–H groups in total. The summed E-state index contributed by atoms with van der Waals surface area (Å²) >= 11 is 0. The van der Waals surface area contributed by atoms with Gasteiger partial charge in [-0.1, -0.05) is 143 Å². The van der Waals surface area contributed by atoms with Crippen LogP contribution in [0.4, 0.5) is 0 Å². The molecule has 0 aliphatic carbocycles. The van der Waals surface area contributed by atoms with Crippen LogP contribution in [-0.2, 0) is 19.5 Å². The molecule has 0 radical (unpaired) electrons. The Morgan fingerprint density at radius 2 is 0.886 bits per heavy atom. The molecule has 0 atom stereocenters. The standard InChI is InChI=1S/C33H65N2/c1-4-7-10-13-15-17-18-19-21-24-27-30-35-32-31-34(29-26-23-12-9-6-3)33(35)28-25-22-20-16-14-11-8-5-2/h31-32H,4-30H2,1-3H3/q+1. The molecule has 1 aromatic heterocycles. The monoisotopic (exact) mass is 490 g/mol. The van der Waals surface area contributed by atoms with E-state index >= 15 is 0 Å². The number of rotatable bonds is 27. The van der Waals surface area contributed by atoms with Gasteiger partial charge < -0.3 is 0 Å². The van der Waals surface area contributed by atoms with Crippen LogP contribution in [0.25, 0.3) is 0 Å². The Labute approximate surface area is 221 Å². The predicted molar refractivity (Wildman–Crippen MR) is 156 cm³/mol. The van der Waals surface area contributed by atoms with Crippen molar-refractivity contribution in [3.8, 4) is 0 Å². The molecular formula is C33H65N2+. The molecule has 0 saturated heterocycles. The largest absolute Gasteiger partial charge is 0.256 e. The highest BCUT2D eigenvalue weighted by Gasteiger charge is 2.16. The van der Waals surface area contributed by atoms with Crippen LogP contribution in [0.15, 0.2) is 12.4 Å². The number of imidazole rings is 1. The molecule has 2 nitrogen and oxygen atoms in total. The van der Waals surface area contributed by atoms with Gasteiger partial charge in [-0.25, -0.2) is 9.13 Å². The maximum Gasteiger partial charge on any atom is 0.256 e. The van der Waals surface area contributed by atoms with Gasteiger partial charge in [0.2, 0.25) is 0 Å². The third-order valence-electron chi connectivity index (χ3n) is 7.85. The number of hydrogen-bond donors (Lipinski definition) is 0. The fourth-order valence-electron chi connectivity index (χ4n) is 5.44. The third kappa shape index (κ3) is 18.2. The van der Waals surface area contributed by atoms with Gasteiger partial charge in [0.25, 0.3) is 5.82 Å². The highest BCUT2D eigenvalue weighted by Crippen LogP contribution is 2.14. The van der Waals surface area contributed by atoms with Crippen molar-refractivity contribution < 1.29 is 4.57 Å². The summed E-state index contributed by atoms with van der Waals surface area (Å²) in [4.78, 5) is 0. The average Bonchev–Trinajstić information content (AvgIpc) is 3.25. The zero-order valence-electron chi connectivity index (χ0n) is 24.6. The van der Waals surface area contributed by atoms with E-state index < -0.39 is 0 Å². The molecule has 0 aliphatic rings. The van der Waals surface area contributed by atoms with Crippen molar-refractivity contribution in [1.29, 1.82) is 0 Å². The molecule has 0 aromatic carbocycles. The van der Waals surface area contributed by atoms with E-state index in [2.05, 4.69) is 42.3 Å². The fourth-order valence-corrected chi connectivity index (χ4v) is 5.44. The summed E-state index contributed by atoms with van der Waals surface area (Å²) in [6.07, 6.45) is 40.0. The highest BCUT2D eigenvalue weighted by atomic mass is 15.1. The lowest BCUT2D eigenvalue weighted by Crippen LogP contribution is -2.37. The van der Waals surface area contributed by atoms with E-state index in [0.29, 0.717) is 0 Å². The number of unbranched alkanes of at least 4 members (excludes halogenated alkanes) is 21. The molecule has 2 heteroatoms. The van der Waals surface area contributed by atoms with Crippen molar-refractivity contribution in [2.45, 2.75) is 194 Å². The van der Waals surface area contributed by atoms with Gasteiger partial charge in [-0.15, -0.1) is 0 Å². The number of aryl methyl sites for hydroxylation is 2. The van der Waals surface area contributed by atoms with E-state index in [1.807, 2.05) is 0 Å². The Bertz CT molecular complexity index is 547. The maximum absolute atomic E-state index is 2.61. The van der Waals surface area contributed by atoms with E-state index in [1.54, 1.807) is 5.82 Å². The van der Waals surface area contributed by atoms with Crippen molar-refractivity contribution >= 4 is 0 Å². The molecule has 0 spiro atoms. The van der Waals surface area contributed by atoms with Crippen molar-refractivity contribution in [3.63, 3.8) is 0 Å². The Morgan fingerprint density at radius 1 is 0.486 bits per heavy atom. The van der Waals surface area contributed by atoms with Crippen LogP contribution in [0.5, 0.6) is 0 Å². The van der Waals surface area contributed by atoms with Crippen LogP contribution >= 0.6 is 0 Å². The van der Waals surface area contributed by atoms with Crippen LogP contribution in [0.3, 0.4) is 0 Å². The van der Waals surface area contributed by atoms with Crippen molar-refractivity contribution in [2.24, 2.45) is 0 Å². The van der Waals surface area contributed by atoms with E-state index in [-0.39, 0.29) is 0 Å². The molecule has 35 heavy (non-hydrogen) atoms. The van der Waals surface area contributed by atoms with Crippen LogP contribution < -0.4 is 4.57 Å². The first kappa shape index (κ1) is 32.2. The molecule has 1 rings (SSSR count).